The van der Waals surface area contributed by atoms with Gasteiger partial charge in [0, 0.05) is 19.6 Å². The van der Waals surface area contributed by atoms with Crippen LogP contribution in [0.25, 0.3) is 16.7 Å². The molecule has 1 aromatic carbocycles. The normalized spacial score (nSPS) is 18.6. The molecule has 3 aromatic rings. The molecule has 1 aliphatic rings. The molecule has 1 N–H and O–H groups in total. The summed E-state index contributed by atoms with van der Waals surface area (Å²) < 4.78 is 21.3. The number of hydrogen-bond acceptors (Lipinski definition) is 6. The molecule has 0 spiro atoms. The molecule has 1 aliphatic heterocycles. The lowest BCUT2D eigenvalue weighted by atomic mass is 10.2. The van der Waals surface area contributed by atoms with Crippen LogP contribution in [0.3, 0.4) is 0 Å². The van der Waals surface area contributed by atoms with E-state index in [1.165, 1.54) is 17.1 Å². The number of hydrogen-bond donors (Lipinski definition) is 1. The highest BCUT2D eigenvalue weighted by Gasteiger charge is 2.19. The predicted octanol–water partition coefficient (Wildman–Crippen LogP) is 1.70. The summed E-state index contributed by atoms with van der Waals surface area (Å²) >= 11 is 0. The Labute approximate surface area is 144 Å². The molecule has 8 heteroatoms. The maximum atomic E-state index is 14.1. The maximum Gasteiger partial charge on any atom is 0.168 e. The van der Waals surface area contributed by atoms with Crippen LogP contribution in [-0.4, -0.2) is 64.0 Å². The number of nitrogens with zero attached hydrogens (tertiary/aromatic N) is 5. The molecule has 1 saturated heterocycles. The van der Waals surface area contributed by atoms with E-state index in [4.69, 9.17) is 4.74 Å². The minimum absolute atomic E-state index is 0.102. The molecule has 0 aliphatic carbocycles. The Hall–Kier alpha value is -2.58. The largest absolute Gasteiger partial charge is 0.374 e. The van der Waals surface area contributed by atoms with Crippen molar-refractivity contribution in [2.75, 3.05) is 38.6 Å². The quantitative estimate of drug-likeness (QED) is 0.778. The van der Waals surface area contributed by atoms with Crippen molar-refractivity contribution in [3.05, 3.63) is 42.6 Å². The third-order valence-electron chi connectivity index (χ3n) is 4.29. The van der Waals surface area contributed by atoms with E-state index in [9.17, 15) is 4.39 Å². The standard InChI is InChI=1S/C17H19FN6O/c1-23-6-7-25-12(10-23)8-19-16-13-9-22-24(17(13)21-11-20-16)15-5-3-2-4-14(15)18/h2-5,9,11-12H,6-8,10H2,1H3,(H,19,20,21). The van der Waals surface area contributed by atoms with Gasteiger partial charge in [-0.15, -0.1) is 0 Å². The summed E-state index contributed by atoms with van der Waals surface area (Å²) in [7, 11) is 2.08. The van der Waals surface area contributed by atoms with Crippen LogP contribution in [0.1, 0.15) is 0 Å². The molecule has 3 heterocycles. The molecule has 1 unspecified atom stereocenters. The fraction of sp³-hybridized carbons (Fsp3) is 0.353. The minimum Gasteiger partial charge on any atom is -0.374 e. The smallest absolute Gasteiger partial charge is 0.168 e. The van der Waals surface area contributed by atoms with E-state index in [0.29, 0.717) is 23.7 Å². The van der Waals surface area contributed by atoms with Gasteiger partial charge in [-0.25, -0.2) is 19.0 Å². The van der Waals surface area contributed by atoms with E-state index in [1.54, 1.807) is 24.4 Å². The molecule has 25 heavy (non-hydrogen) atoms. The Morgan fingerprint density at radius 3 is 3.04 bits per heavy atom. The highest BCUT2D eigenvalue weighted by atomic mass is 19.1. The second kappa shape index (κ2) is 6.73. The van der Waals surface area contributed by atoms with E-state index in [1.807, 2.05) is 0 Å². The Kier molecular flexibility index (Phi) is 4.29. The summed E-state index contributed by atoms with van der Waals surface area (Å²) in [5.41, 5.74) is 0.920. The van der Waals surface area contributed by atoms with Crippen LogP contribution >= 0.6 is 0 Å². The number of morpholine rings is 1. The van der Waals surface area contributed by atoms with Crippen LogP contribution in [0.4, 0.5) is 10.2 Å². The number of rotatable bonds is 4. The van der Waals surface area contributed by atoms with Gasteiger partial charge < -0.3 is 15.0 Å². The molecule has 1 atom stereocenters. The second-order valence-corrected chi connectivity index (χ2v) is 6.10. The predicted molar refractivity (Wildman–Crippen MR) is 92.3 cm³/mol. The van der Waals surface area contributed by atoms with Gasteiger partial charge in [-0.2, -0.15) is 5.10 Å². The van der Waals surface area contributed by atoms with Gasteiger partial charge in [0.25, 0.3) is 0 Å². The van der Waals surface area contributed by atoms with E-state index in [2.05, 4.69) is 32.3 Å². The SMILES string of the molecule is CN1CCOC(CNc2ncnc3c2cnn3-c2ccccc2F)C1. The molecule has 1 fully saturated rings. The summed E-state index contributed by atoms with van der Waals surface area (Å²) in [6.07, 6.45) is 3.21. The highest BCUT2D eigenvalue weighted by molar-refractivity contribution is 5.87. The Balaban J connectivity index is 1.60. The van der Waals surface area contributed by atoms with Crippen molar-refractivity contribution in [1.29, 1.82) is 0 Å². The molecule has 2 aromatic heterocycles. The highest BCUT2D eigenvalue weighted by Crippen LogP contribution is 2.23. The molecular formula is C17H19FN6O. The van der Waals surface area contributed by atoms with Crippen molar-refractivity contribution in [1.82, 2.24) is 24.6 Å². The number of nitrogens with one attached hydrogen (secondary N) is 1. The number of anilines is 1. The average molecular weight is 342 g/mol. The van der Waals surface area contributed by atoms with Crippen molar-refractivity contribution in [3.8, 4) is 5.69 Å². The third kappa shape index (κ3) is 3.18. The first-order valence-electron chi connectivity index (χ1n) is 8.20. The van der Waals surface area contributed by atoms with Gasteiger partial charge in [0.1, 0.15) is 23.6 Å². The van der Waals surface area contributed by atoms with Crippen LogP contribution in [0.2, 0.25) is 0 Å². The van der Waals surface area contributed by atoms with Gasteiger partial charge in [-0.05, 0) is 19.2 Å². The lowest BCUT2D eigenvalue weighted by Gasteiger charge is -2.30. The first-order valence-corrected chi connectivity index (χ1v) is 8.20. The third-order valence-corrected chi connectivity index (χ3v) is 4.29. The molecular weight excluding hydrogens is 323 g/mol. The van der Waals surface area contributed by atoms with Crippen molar-refractivity contribution < 1.29 is 9.13 Å². The number of para-hydroxylation sites is 1. The second-order valence-electron chi connectivity index (χ2n) is 6.10. The van der Waals surface area contributed by atoms with Gasteiger partial charge in [0.15, 0.2) is 5.65 Å². The van der Waals surface area contributed by atoms with Gasteiger partial charge in [-0.1, -0.05) is 12.1 Å². The Morgan fingerprint density at radius 2 is 2.20 bits per heavy atom. The van der Waals surface area contributed by atoms with Gasteiger partial charge >= 0.3 is 0 Å². The molecule has 0 amide bonds. The minimum atomic E-state index is -0.348. The van der Waals surface area contributed by atoms with E-state index in [-0.39, 0.29) is 11.9 Å². The van der Waals surface area contributed by atoms with Gasteiger partial charge in [0.05, 0.1) is 24.3 Å². The van der Waals surface area contributed by atoms with Crippen molar-refractivity contribution >= 4 is 16.9 Å². The number of likely N-dealkylation sites (N-methyl/N-ethyl adjacent to an activating group) is 1. The van der Waals surface area contributed by atoms with Crippen LogP contribution < -0.4 is 5.32 Å². The summed E-state index contributed by atoms with van der Waals surface area (Å²) in [6.45, 7) is 3.19. The molecule has 0 radical (unpaired) electrons. The zero-order valence-electron chi connectivity index (χ0n) is 13.9. The van der Waals surface area contributed by atoms with Gasteiger partial charge in [-0.3, -0.25) is 0 Å². The number of fused-ring (bicyclic) bond motifs is 1. The van der Waals surface area contributed by atoms with E-state index < -0.39 is 0 Å². The number of halogens is 1. The van der Waals surface area contributed by atoms with E-state index >= 15 is 0 Å². The fourth-order valence-corrected chi connectivity index (χ4v) is 2.99. The maximum absolute atomic E-state index is 14.1. The number of benzene rings is 1. The molecule has 130 valence electrons. The summed E-state index contributed by atoms with van der Waals surface area (Å²) in [5.74, 6) is 0.323. The number of aromatic nitrogens is 4. The fourth-order valence-electron chi connectivity index (χ4n) is 2.99. The topological polar surface area (TPSA) is 68.1 Å². The lowest BCUT2D eigenvalue weighted by molar-refractivity contribution is -0.0117. The molecule has 7 nitrogen and oxygen atoms in total. The van der Waals surface area contributed by atoms with Crippen LogP contribution in [0.5, 0.6) is 0 Å². The monoisotopic (exact) mass is 342 g/mol. The van der Waals surface area contributed by atoms with E-state index in [0.717, 1.165) is 25.1 Å². The lowest BCUT2D eigenvalue weighted by Crippen LogP contribution is -2.43. The van der Waals surface area contributed by atoms with Crippen LogP contribution in [0, 0.1) is 5.82 Å². The number of ether oxygens (including phenoxy) is 1. The van der Waals surface area contributed by atoms with Crippen LogP contribution in [-0.2, 0) is 4.74 Å². The zero-order chi connectivity index (χ0) is 17.2. The summed E-state index contributed by atoms with van der Waals surface area (Å²) in [6, 6.07) is 6.49. The van der Waals surface area contributed by atoms with Gasteiger partial charge in [0.2, 0.25) is 0 Å². The molecule has 0 bridgehead atoms. The first kappa shape index (κ1) is 15.9. The molecule has 0 saturated carbocycles. The Bertz CT molecular complexity index is 882. The van der Waals surface area contributed by atoms with Crippen LogP contribution in [0.15, 0.2) is 36.8 Å². The summed E-state index contributed by atoms with van der Waals surface area (Å²) in [4.78, 5) is 10.8. The Morgan fingerprint density at radius 1 is 1.32 bits per heavy atom. The van der Waals surface area contributed by atoms with Crippen molar-refractivity contribution in [2.45, 2.75) is 6.10 Å². The first-order chi connectivity index (χ1) is 12.2. The molecule has 4 rings (SSSR count). The van der Waals surface area contributed by atoms with Crippen molar-refractivity contribution in [2.24, 2.45) is 0 Å². The van der Waals surface area contributed by atoms with Crippen molar-refractivity contribution in [3.63, 3.8) is 0 Å². The average Bonchev–Trinajstić information content (AvgIpc) is 3.05. The zero-order valence-corrected chi connectivity index (χ0v) is 13.9. The summed E-state index contributed by atoms with van der Waals surface area (Å²) in [5, 5.41) is 8.34.